The lowest BCUT2D eigenvalue weighted by Gasteiger charge is -2.23. The fourth-order valence-corrected chi connectivity index (χ4v) is 4.92. The van der Waals surface area contributed by atoms with E-state index >= 15 is 0 Å². The van der Waals surface area contributed by atoms with E-state index in [2.05, 4.69) is 20.9 Å². The van der Waals surface area contributed by atoms with Crippen LogP contribution < -0.4 is 5.56 Å². The highest BCUT2D eigenvalue weighted by atomic mass is 79.9. The molecule has 0 fully saturated rings. The molecule has 170 valence electrons. The molecule has 0 aliphatic rings. The van der Waals surface area contributed by atoms with Crippen LogP contribution in [-0.2, 0) is 18.2 Å². The Labute approximate surface area is 205 Å². The zero-order valence-electron chi connectivity index (χ0n) is 18.2. The number of carbonyl (C=O) groups is 1. The SMILES string of the molecule is CCOC(=O)c1nc(Br)n(C(C)C)c1C(Cc1cc(Cl)c(=O)n(C)c1)c1ccc(Cl)cc1. The Morgan fingerprint density at radius 1 is 1.22 bits per heavy atom. The lowest BCUT2D eigenvalue weighted by Crippen LogP contribution is -2.20. The zero-order chi connectivity index (χ0) is 23.6. The fraction of sp³-hybridized carbons (Fsp3) is 0.348. The summed E-state index contributed by atoms with van der Waals surface area (Å²) in [7, 11) is 1.66. The van der Waals surface area contributed by atoms with Gasteiger partial charge in [0.25, 0.3) is 5.56 Å². The summed E-state index contributed by atoms with van der Waals surface area (Å²) in [4.78, 5) is 29.4. The molecule has 2 heterocycles. The lowest BCUT2D eigenvalue weighted by atomic mass is 9.88. The summed E-state index contributed by atoms with van der Waals surface area (Å²) in [5, 5.41) is 0.755. The number of aryl methyl sites for hydroxylation is 1. The molecule has 1 unspecified atom stereocenters. The minimum atomic E-state index is -0.486. The van der Waals surface area contributed by atoms with Crippen LogP contribution in [0.25, 0.3) is 0 Å². The summed E-state index contributed by atoms with van der Waals surface area (Å²) >= 11 is 15.8. The van der Waals surface area contributed by atoms with Gasteiger partial charge in [-0.2, -0.15) is 0 Å². The van der Waals surface area contributed by atoms with Crippen LogP contribution in [0.15, 0.2) is 46.1 Å². The summed E-state index contributed by atoms with van der Waals surface area (Å²) in [6.45, 7) is 6.04. The van der Waals surface area contributed by atoms with Crippen molar-refractivity contribution >= 4 is 45.1 Å². The Hall–Kier alpha value is -2.09. The monoisotopic (exact) mass is 539 g/mol. The predicted octanol–water partition coefficient (Wildman–Crippen LogP) is 5.78. The molecule has 0 aliphatic carbocycles. The zero-order valence-corrected chi connectivity index (χ0v) is 21.3. The number of esters is 1. The van der Waals surface area contributed by atoms with Crippen LogP contribution in [0.5, 0.6) is 0 Å². The Morgan fingerprint density at radius 2 is 1.88 bits per heavy atom. The van der Waals surface area contributed by atoms with E-state index in [9.17, 15) is 9.59 Å². The van der Waals surface area contributed by atoms with E-state index in [-0.39, 0.29) is 34.8 Å². The first kappa shape index (κ1) is 24.6. The van der Waals surface area contributed by atoms with Crippen LogP contribution in [0.4, 0.5) is 0 Å². The summed E-state index contributed by atoms with van der Waals surface area (Å²) in [6.07, 6.45) is 2.24. The number of halogens is 3. The number of ether oxygens (including phenoxy) is 1. The normalized spacial score (nSPS) is 12.2. The molecule has 0 bridgehead atoms. The van der Waals surface area contributed by atoms with E-state index in [1.807, 2.05) is 42.7 Å². The first-order valence-corrected chi connectivity index (χ1v) is 11.7. The third-order valence-electron chi connectivity index (χ3n) is 5.13. The number of nitrogens with zero attached hydrogens (tertiary/aromatic N) is 3. The first-order chi connectivity index (χ1) is 15.1. The molecular weight excluding hydrogens is 517 g/mol. The highest BCUT2D eigenvalue weighted by Crippen LogP contribution is 2.36. The van der Waals surface area contributed by atoms with Gasteiger partial charge >= 0.3 is 5.97 Å². The van der Waals surface area contributed by atoms with Crippen LogP contribution in [0.2, 0.25) is 10.0 Å². The molecule has 3 rings (SSSR count). The fourth-order valence-electron chi connectivity index (χ4n) is 3.74. The van der Waals surface area contributed by atoms with Gasteiger partial charge in [-0.15, -0.1) is 0 Å². The van der Waals surface area contributed by atoms with Crippen LogP contribution in [-0.4, -0.2) is 26.7 Å². The van der Waals surface area contributed by atoms with Crippen molar-refractivity contribution in [3.8, 4) is 0 Å². The van der Waals surface area contributed by atoms with Crippen LogP contribution >= 0.6 is 39.1 Å². The van der Waals surface area contributed by atoms with Crippen molar-refractivity contribution in [1.29, 1.82) is 0 Å². The van der Waals surface area contributed by atoms with Gasteiger partial charge in [0.1, 0.15) is 5.02 Å². The molecule has 0 saturated heterocycles. The van der Waals surface area contributed by atoms with E-state index in [0.717, 1.165) is 16.8 Å². The summed E-state index contributed by atoms with van der Waals surface area (Å²) in [6, 6.07) is 9.17. The minimum absolute atomic E-state index is 0.0218. The van der Waals surface area contributed by atoms with Gasteiger partial charge < -0.3 is 13.9 Å². The van der Waals surface area contributed by atoms with Crippen molar-refractivity contribution in [2.75, 3.05) is 6.61 Å². The number of pyridine rings is 1. The molecule has 9 heteroatoms. The second-order valence-electron chi connectivity index (χ2n) is 7.72. The Bertz CT molecular complexity index is 1160. The smallest absolute Gasteiger partial charge is 0.358 e. The third kappa shape index (κ3) is 5.11. The second kappa shape index (κ2) is 10.2. The average Bonchev–Trinajstić information content (AvgIpc) is 3.08. The van der Waals surface area contributed by atoms with Gasteiger partial charge in [0, 0.05) is 30.2 Å². The van der Waals surface area contributed by atoms with Gasteiger partial charge in [-0.25, -0.2) is 9.78 Å². The standard InChI is InChI=1S/C23H24BrCl2N3O3/c1-5-32-22(31)19-20(29(13(2)3)23(24)27-19)17(15-6-8-16(25)9-7-15)10-14-11-18(26)21(30)28(4)12-14/h6-9,11-13,17H,5,10H2,1-4H3. The second-order valence-corrected chi connectivity index (χ2v) is 9.27. The molecule has 0 saturated carbocycles. The molecule has 1 aromatic carbocycles. The molecule has 0 N–H and O–H groups in total. The van der Waals surface area contributed by atoms with E-state index in [0.29, 0.717) is 16.2 Å². The largest absolute Gasteiger partial charge is 0.461 e. The molecule has 1 atom stereocenters. The molecule has 3 aromatic rings. The number of carbonyl (C=O) groups excluding carboxylic acids is 1. The maximum atomic E-state index is 12.8. The van der Waals surface area contributed by atoms with Gasteiger partial charge in [-0.3, -0.25) is 4.79 Å². The molecule has 0 spiro atoms. The van der Waals surface area contributed by atoms with Crippen LogP contribution in [0, 0.1) is 0 Å². The van der Waals surface area contributed by atoms with Crippen molar-refractivity contribution < 1.29 is 9.53 Å². The van der Waals surface area contributed by atoms with Crippen molar-refractivity contribution in [2.45, 2.75) is 39.2 Å². The number of rotatable bonds is 7. The first-order valence-electron chi connectivity index (χ1n) is 10.2. The van der Waals surface area contributed by atoms with Gasteiger partial charge in [0.15, 0.2) is 10.4 Å². The van der Waals surface area contributed by atoms with E-state index in [4.69, 9.17) is 27.9 Å². The molecule has 0 amide bonds. The Morgan fingerprint density at radius 3 is 2.44 bits per heavy atom. The number of hydrogen-bond donors (Lipinski definition) is 0. The van der Waals surface area contributed by atoms with Gasteiger partial charge in [0.05, 0.1) is 12.3 Å². The maximum absolute atomic E-state index is 12.8. The highest BCUT2D eigenvalue weighted by Gasteiger charge is 2.31. The van der Waals surface area contributed by atoms with Crippen LogP contribution in [0.1, 0.15) is 60.0 Å². The van der Waals surface area contributed by atoms with Gasteiger partial charge in [-0.05, 0) is 72.4 Å². The van der Waals surface area contributed by atoms with Crippen molar-refractivity contribution in [1.82, 2.24) is 14.1 Å². The van der Waals surface area contributed by atoms with Crippen molar-refractivity contribution in [3.05, 3.63) is 84.2 Å². The van der Waals surface area contributed by atoms with E-state index in [1.165, 1.54) is 4.57 Å². The number of benzene rings is 1. The molecule has 0 radical (unpaired) electrons. The Kier molecular flexibility index (Phi) is 7.85. The molecule has 0 aliphatic heterocycles. The number of aromatic nitrogens is 3. The third-order valence-corrected chi connectivity index (χ3v) is 6.21. The lowest BCUT2D eigenvalue weighted by molar-refractivity contribution is 0.0518. The number of imidazole rings is 1. The molecule has 6 nitrogen and oxygen atoms in total. The summed E-state index contributed by atoms with van der Waals surface area (Å²) < 4.78 is 9.29. The predicted molar refractivity (Wildman–Crippen MR) is 130 cm³/mol. The average molecular weight is 541 g/mol. The van der Waals surface area contributed by atoms with Gasteiger partial charge in [-0.1, -0.05) is 35.3 Å². The maximum Gasteiger partial charge on any atom is 0.358 e. The molecule has 32 heavy (non-hydrogen) atoms. The highest BCUT2D eigenvalue weighted by molar-refractivity contribution is 9.10. The number of hydrogen-bond acceptors (Lipinski definition) is 4. The van der Waals surface area contributed by atoms with E-state index < -0.39 is 5.97 Å². The van der Waals surface area contributed by atoms with Crippen molar-refractivity contribution in [2.24, 2.45) is 7.05 Å². The van der Waals surface area contributed by atoms with Crippen molar-refractivity contribution in [3.63, 3.8) is 0 Å². The van der Waals surface area contributed by atoms with E-state index in [1.54, 1.807) is 26.2 Å². The Balaban J connectivity index is 2.25. The van der Waals surface area contributed by atoms with Gasteiger partial charge in [0.2, 0.25) is 0 Å². The molecule has 2 aromatic heterocycles. The van der Waals surface area contributed by atoms with Crippen LogP contribution in [0.3, 0.4) is 0 Å². The minimum Gasteiger partial charge on any atom is -0.461 e. The quantitative estimate of drug-likeness (QED) is 0.356. The topological polar surface area (TPSA) is 66.1 Å². The molecular formula is C23H24BrCl2N3O3. The summed E-state index contributed by atoms with van der Waals surface area (Å²) in [5.41, 5.74) is 2.50. The summed E-state index contributed by atoms with van der Waals surface area (Å²) in [5.74, 6) is -0.763.